The summed E-state index contributed by atoms with van der Waals surface area (Å²) in [5.74, 6) is 0. The number of hydrogen-bond donors (Lipinski definition) is 0. The summed E-state index contributed by atoms with van der Waals surface area (Å²) in [5, 5.41) is 10.5. The zero-order chi connectivity index (χ0) is 13.9. The van der Waals surface area contributed by atoms with E-state index in [0.717, 1.165) is 19.0 Å². The minimum absolute atomic E-state index is 0.0499. The van der Waals surface area contributed by atoms with E-state index in [-0.39, 0.29) is 17.1 Å². The van der Waals surface area contributed by atoms with Crippen molar-refractivity contribution in [2.45, 2.75) is 39.4 Å². The van der Waals surface area contributed by atoms with Gasteiger partial charge in [0.2, 0.25) is 6.20 Å². The molecule has 5 heteroatoms. The quantitative estimate of drug-likeness (QED) is 0.446. The second kappa shape index (κ2) is 5.43. The van der Waals surface area contributed by atoms with E-state index < -0.39 is 4.92 Å². The Morgan fingerprint density at radius 1 is 1.32 bits per heavy atom. The lowest BCUT2D eigenvalue weighted by atomic mass is 9.81. The molecule has 1 aliphatic carbocycles. The highest BCUT2D eigenvalue weighted by molar-refractivity contribution is 5.11. The first kappa shape index (κ1) is 14.2. The zero-order valence-corrected chi connectivity index (χ0v) is 11.5. The van der Waals surface area contributed by atoms with Crippen molar-refractivity contribution in [1.29, 1.82) is 0 Å². The summed E-state index contributed by atoms with van der Waals surface area (Å²) in [7, 11) is 0. The molecule has 2 rings (SSSR count). The van der Waals surface area contributed by atoms with Gasteiger partial charge in [0.1, 0.15) is 0 Å². The van der Waals surface area contributed by atoms with E-state index in [1.54, 1.807) is 6.08 Å². The first-order chi connectivity index (χ1) is 8.91. The lowest BCUT2D eigenvalue weighted by molar-refractivity contribution is -0.403. The number of nitrogens with zero attached hydrogens (tertiary/aromatic N) is 1. The second-order valence-electron chi connectivity index (χ2n) is 6.26. The largest absolute Gasteiger partial charge is 0.352 e. The molecule has 0 aromatic carbocycles. The van der Waals surface area contributed by atoms with Crippen molar-refractivity contribution in [3.8, 4) is 0 Å². The van der Waals surface area contributed by atoms with Crippen molar-refractivity contribution in [3.05, 3.63) is 34.5 Å². The Balaban J connectivity index is 1.96. The molecule has 0 bridgehead atoms. The van der Waals surface area contributed by atoms with Crippen LogP contribution in [0.2, 0.25) is 0 Å². The molecule has 0 N–H and O–H groups in total. The van der Waals surface area contributed by atoms with Crippen molar-refractivity contribution in [2.75, 3.05) is 13.2 Å². The lowest BCUT2D eigenvalue weighted by Gasteiger charge is -2.38. The highest BCUT2D eigenvalue weighted by Crippen LogP contribution is 2.41. The maximum Gasteiger partial charge on any atom is 0.231 e. The van der Waals surface area contributed by atoms with Crippen molar-refractivity contribution in [1.82, 2.24) is 0 Å². The monoisotopic (exact) mass is 267 g/mol. The van der Waals surface area contributed by atoms with Crippen LogP contribution < -0.4 is 0 Å². The van der Waals surface area contributed by atoms with Crippen LogP contribution in [0, 0.1) is 20.9 Å². The Kier molecular flexibility index (Phi) is 4.06. The van der Waals surface area contributed by atoms with Crippen molar-refractivity contribution in [2.24, 2.45) is 10.8 Å². The van der Waals surface area contributed by atoms with Gasteiger partial charge in [0.25, 0.3) is 0 Å². The van der Waals surface area contributed by atoms with E-state index in [2.05, 4.69) is 26.0 Å². The van der Waals surface area contributed by atoms with Crippen molar-refractivity contribution >= 4 is 0 Å². The molecule has 1 heterocycles. The van der Waals surface area contributed by atoms with Gasteiger partial charge in [-0.25, -0.2) is 0 Å². The van der Waals surface area contributed by atoms with Gasteiger partial charge >= 0.3 is 0 Å². The molecule has 0 atom stereocenters. The molecular formula is C14H21NO4. The summed E-state index contributed by atoms with van der Waals surface area (Å²) in [5.41, 5.74) is -0.173. The molecular weight excluding hydrogens is 246 g/mol. The maximum absolute atomic E-state index is 10.5. The van der Waals surface area contributed by atoms with Crippen molar-refractivity contribution in [3.63, 3.8) is 0 Å². The smallest absolute Gasteiger partial charge is 0.231 e. The van der Waals surface area contributed by atoms with Gasteiger partial charge in [-0.2, -0.15) is 0 Å². The molecule has 1 saturated heterocycles. The van der Waals surface area contributed by atoms with Gasteiger partial charge in [-0.15, -0.1) is 0 Å². The topological polar surface area (TPSA) is 61.6 Å². The number of allylic oxidation sites excluding steroid dienone is 3. The predicted molar refractivity (Wildman–Crippen MR) is 71.0 cm³/mol. The molecule has 2 aliphatic rings. The van der Waals surface area contributed by atoms with Gasteiger partial charge in [0, 0.05) is 17.3 Å². The third kappa shape index (κ3) is 3.88. The highest BCUT2D eigenvalue weighted by atomic mass is 16.7. The Hall–Kier alpha value is -1.20. The molecule has 0 radical (unpaired) electrons. The van der Waals surface area contributed by atoms with E-state index in [0.29, 0.717) is 19.6 Å². The van der Waals surface area contributed by atoms with Crippen LogP contribution in [0.3, 0.4) is 0 Å². The minimum Gasteiger partial charge on any atom is -0.352 e. The Labute approximate surface area is 113 Å². The normalized spacial score (nSPS) is 26.0. The second-order valence-corrected chi connectivity index (χ2v) is 6.26. The van der Waals surface area contributed by atoms with Crippen LogP contribution in [-0.4, -0.2) is 24.4 Å². The van der Waals surface area contributed by atoms with Crippen molar-refractivity contribution < 1.29 is 14.4 Å². The fourth-order valence-corrected chi connectivity index (χ4v) is 2.49. The van der Waals surface area contributed by atoms with Crippen LogP contribution in [0.15, 0.2) is 24.4 Å². The fourth-order valence-electron chi connectivity index (χ4n) is 2.49. The molecule has 0 aromatic heterocycles. The molecule has 5 nitrogen and oxygen atoms in total. The average molecular weight is 267 g/mol. The molecule has 19 heavy (non-hydrogen) atoms. The van der Waals surface area contributed by atoms with E-state index in [1.165, 1.54) is 0 Å². The van der Waals surface area contributed by atoms with Gasteiger partial charge in [-0.05, 0) is 18.9 Å². The third-order valence-corrected chi connectivity index (χ3v) is 3.66. The molecule has 0 unspecified atom stereocenters. The maximum atomic E-state index is 10.5. The van der Waals surface area contributed by atoms with Gasteiger partial charge in [-0.1, -0.05) is 26.0 Å². The summed E-state index contributed by atoms with van der Waals surface area (Å²) in [6.07, 6.45) is 8.89. The van der Waals surface area contributed by atoms with E-state index in [4.69, 9.17) is 9.47 Å². The van der Waals surface area contributed by atoms with Crippen LogP contribution >= 0.6 is 0 Å². The van der Waals surface area contributed by atoms with Crippen LogP contribution in [0.5, 0.6) is 0 Å². The molecule has 1 aliphatic heterocycles. The van der Waals surface area contributed by atoms with E-state index >= 15 is 0 Å². The average Bonchev–Trinajstić information content (AvgIpc) is 2.79. The number of ether oxygens (including phenoxy) is 2. The summed E-state index contributed by atoms with van der Waals surface area (Å²) in [6, 6.07) is 0. The summed E-state index contributed by atoms with van der Waals surface area (Å²) < 4.78 is 11.5. The predicted octanol–water partition coefficient (Wildman–Crippen LogP) is 2.90. The summed E-state index contributed by atoms with van der Waals surface area (Å²) in [6.45, 7) is 5.53. The first-order valence-corrected chi connectivity index (χ1v) is 6.62. The fraction of sp³-hybridized carbons (Fsp3) is 0.714. The first-order valence-electron chi connectivity index (χ1n) is 6.62. The zero-order valence-electron chi connectivity index (χ0n) is 11.5. The highest BCUT2D eigenvalue weighted by Gasteiger charge is 2.36. The summed E-state index contributed by atoms with van der Waals surface area (Å²) >= 11 is 0. The Morgan fingerprint density at radius 2 is 1.89 bits per heavy atom. The van der Waals surface area contributed by atoms with Gasteiger partial charge in [-0.3, -0.25) is 10.1 Å². The lowest BCUT2D eigenvalue weighted by Crippen LogP contribution is -2.40. The third-order valence-electron chi connectivity index (χ3n) is 3.66. The number of hydrogen-bond acceptors (Lipinski definition) is 4. The molecule has 0 saturated carbocycles. The van der Waals surface area contributed by atoms with Crippen LogP contribution in [0.25, 0.3) is 0 Å². The van der Waals surface area contributed by atoms with Crippen LogP contribution in [-0.2, 0) is 9.47 Å². The molecule has 0 aromatic rings. The Bertz CT molecular complexity index is 382. The van der Waals surface area contributed by atoms with Gasteiger partial charge < -0.3 is 9.47 Å². The van der Waals surface area contributed by atoms with Gasteiger partial charge in [0.15, 0.2) is 6.29 Å². The molecule has 0 amide bonds. The number of rotatable bonds is 4. The van der Waals surface area contributed by atoms with Gasteiger partial charge in [0.05, 0.1) is 18.1 Å². The molecule has 106 valence electrons. The van der Waals surface area contributed by atoms with Crippen LogP contribution in [0.4, 0.5) is 0 Å². The van der Waals surface area contributed by atoms with E-state index in [1.807, 2.05) is 0 Å². The summed E-state index contributed by atoms with van der Waals surface area (Å²) in [4.78, 5) is 10.1. The number of nitro groups is 1. The minimum atomic E-state index is -0.411. The van der Waals surface area contributed by atoms with E-state index in [9.17, 15) is 10.1 Å². The Morgan fingerprint density at radius 3 is 2.42 bits per heavy atom. The SMILES string of the molecule is CC1(C)COC(CC2(/C=C/[N+](=O)[O-])CC=CC2)OC1. The molecule has 0 spiro atoms. The van der Waals surface area contributed by atoms with Crippen LogP contribution in [0.1, 0.15) is 33.1 Å². The standard InChI is InChI=1S/C14H21NO4/c1-13(2)10-18-12(19-11-13)9-14(5-3-4-6-14)7-8-15(16)17/h3-4,7-8,12H,5-6,9-11H2,1-2H3/b8-7+. The molecule has 1 fully saturated rings.